The minimum atomic E-state index is -2.90. The van der Waals surface area contributed by atoms with Gasteiger partial charge >= 0.3 is 6.61 Å². The first kappa shape index (κ1) is 21.2. The fourth-order valence-corrected chi connectivity index (χ4v) is 3.04. The second-order valence-corrected chi connectivity index (χ2v) is 6.39. The second kappa shape index (κ2) is 11.6. The van der Waals surface area contributed by atoms with E-state index in [1.807, 2.05) is 6.92 Å². The van der Waals surface area contributed by atoms with Crippen molar-refractivity contribution >= 4 is 5.96 Å². The average Bonchev–Trinajstić information content (AvgIpc) is 2.66. The molecule has 1 aromatic carbocycles. The number of piperidine rings is 1. The summed E-state index contributed by atoms with van der Waals surface area (Å²) < 4.78 is 34.7. The molecule has 2 N–H and O–H groups in total. The van der Waals surface area contributed by atoms with E-state index in [0.717, 1.165) is 38.3 Å². The molecule has 0 bridgehead atoms. The molecule has 1 aromatic rings. The molecule has 2 rings (SSSR count). The predicted octanol–water partition coefficient (Wildman–Crippen LogP) is 2.84. The molecule has 1 fully saturated rings. The van der Waals surface area contributed by atoms with Gasteiger partial charge in [-0.2, -0.15) is 8.78 Å². The van der Waals surface area contributed by atoms with Gasteiger partial charge in [0.2, 0.25) is 0 Å². The lowest BCUT2D eigenvalue weighted by Gasteiger charge is -2.26. The van der Waals surface area contributed by atoms with E-state index in [4.69, 9.17) is 4.74 Å². The summed E-state index contributed by atoms with van der Waals surface area (Å²) in [4.78, 5) is 6.99. The van der Waals surface area contributed by atoms with Crippen molar-refractivity contribution in [1.82, 2.24) is 15.5 Å². The maximum atomic E-state index is 12.5. The molecule has 8 heteroatoms. The van der Waals surface area contributed by atoms with Crippen LogP contribution >= 0.6 is 0 Å². The van der Waals surface area contributed by atoms with Crippen LogP contribution in [-0.4, -0.2) is 57.3 Å². The monoisotopic (exact) mass is 384 g/mol. The molecule has 1 aliphatic rings. The smallest absolute Gasteiger partial charge is 0.387 e. The van der Waals surface area contributed by atoms with Crippen molar-refractivity contribution in [2.24, 2.45) is 4.99 Å². The Morgan fingerprint density at radius 2 is 1.96 bits per heavy atom. The van der Waals surface area contributed by atoms with E-state index in [-0.39, 0.29) is 11.5 Å². The van der Waals surface area contributed by atoms with E-state index in [2.05, 4.69) is 25.3 Å². The molecule has 0 spiro atoms. The van der Waals surface area contributed by atoms with Gasteiger partial charge in [0.15, 0.2) is 17.5 Å². The van der Waals surface area contributed by atoms with Gasteiger partial charge in [-0.3, -0.25) is 0 Å². The standard InChI is InChI=1S/C19H30F2N4O2/c1-3-22-19(23-9-12-25-10-5-4-6-11-25)24-14-15-7-8-16(26-2)17(13-15)27-18(20)21/h7-8,13,18H,3-6,9-12,14H2,1-2H3,(H2,22,23,24). The van der Waals surface area contributed by atoms with Gasteiger partial charge in [0, 0.05) is 19.6 Å². The molecule has 0 aromatic heterocycles. The van der Waals surface area contributed by atoms with Gasteiger partial charge < -0.3 is 25.0 Å². The lowest BCUT2D eigenvalue weighted by atomic mass is 10.1. The molecule has 0 unspecified atom stereocenters. The average molecular weight is 384 g/mol. The number of benzene rings is 1. The Hall–Kier alpha value is -2.09. The number of hydrogen-bond acceptors (Lipinski definition) is 4. The zero-order valence-corrected chi connectivity index (χ0v) is 16.1. The highest BCUT2D eigenvalue weighted by molar-refractivity contribution is 5.79. The molecule has 6 nitrogen and oxygen atoms in total. The third-order valence-electron chi connectivity index (χ3n) is 4.38. The molecule has 0 amide bonds. The Balaban J connectivity index is 1.92. The molecule has 0 aliphatic carbocycles. The molecule has 1 aliphatic heterocycles. The summed E-state index contributed by atoms with van der Waals surface area (Å²) in [6, 6.07) is 4.93. The van der Waals surface area contributed by atoms with Crippen LogP contribution in [-0.2, 0) is 6.54 Å². The summed E-state index contributed by atoms with van der Waals surface area (Å²) in [5.41, 5.74) is 0.764. The van der Waals surface area contributed by atoms with Gasteiger partial charge in [0.1, 0.15) is 0 Å². The number of rotatable bonds is 9. The number of likely N-dealkylation sites (tertiary alicyclic amines) is 1. The topological polar surface area (TPSA) is 58.1 Å². The highest BCUT2D eigenvalue weighted by Gasteiger charge is 2.12. The summed E-state index contributed by atoms with van der Waals surface area (Å²) in [7, 11) is 1.42. The van der Waals surface area contributed by atoms with Crippen molar-refractivity contribution in [3.63, 3.8) is 0 Å². The van der Waals surface area contributed by atoms with Crippen LogP contribution in [0.25, 0.3) is 0 Å². The van der Waals surface area contributed by atoms with Crippen molar-refractivity contribution in [3.05, 3.63) is 23.8 Å². The number of ether oxygens (including phenoxy) is 2. The first-order chi connectivity index (χ1) is 13.1. The van der Waals surface area contributed by atoms with Gasteiger partial charge in [-0.1, -0.05) is 12.5 Å². The maximum absolute atomic E-state index is 12.5. The minimum Gasteiger partial charge on any atom is -0.493 e. The number of hydrogen-bond donors (Lipinski definition) is 2. The van der Waals surface area contributed by atoms with E-state index in [1.54, 1.807) is 12.1 Å². The summed E-state index contributed by atoms with van der Waals surface area (Å²) in [6.45, 7) is 4.33. The predicted molar refractivity (Wildman–Crippen MR) is 103 cm³/mol. The molecule has 1 heterocycles. The van der Waals surface area contributed by atoms with Crippen LogP contribution in [0.4, 0.5) is 8.78 Å². The van der Waals surface area contributed by atoms with Gasteiger partial charge in [-0.05, 0) is 50.6 Å². The third kappa shape index (κ3) is 7.58. The van der Waals surface area contributed by atoms with E-state index in [1.165, 1.54) is 32.4 Å². The van der Waals surface area contributed by atoms with E-state index in [9.17, 15) is 8.78 Å². The Labute approximate surface area is 159 Å². The van der Waals surface area contributed by atoms with Gasteiger partial charge in [0.05, 0.1) is 13.7 Å². The number of nitrogens with zero attached hydrogens (tertiary/aromatic N) is 2. The highest BCUT2D eigenvalue weighted by atomic mass is 19.3. The van der Waals surface area contributed by atoms with Crippen molar-refractivity contribution in [2.75, 3.05) is 39.8 Å². The number of alkyl halides is 2. The van der Waals surface area contributed by atoms with Crippen LogP contribution in [0.5, 0.6) is 11.5 Å². The molecular weight excluding hydrogens is 354 g/mol. The molecule has 0 atom stereocenters. The van der Waals surface area contributed by atoms with E-state index >= 15 is 0 Å². The van der Waals surface area contributed by atoms with Crippen LogP contribution in [0.1, 0.15) is 31.7 Å². The Kier molecular flexibility index (Phi) is 9.10. The van der Waals surface area contributed by atoms with Crippen LogP contribution in [0.2, 0.25) is 0 Å². The molecule has 152 valence electrons. The van der Waals surface area contributed by atoms with Gasteiger partial charge in [0.25, 0.3) is 0 Å². The minimum absolute atomic E-state index is 0.0169. The van der Waals surface area contributed by atoms with Crippen molar-refractivity contribution < 1.29 is 18.3 Å². The Bertz CT molecular complexity index is 593. The number of aliphatic imine (C=N–C) groups is 1. The zero-order chi connectivity index (χ0) is 19.5. The number of guanidine groups is 1. The SMILES string of the molecule is CCNC(=NCc1ccc(OC)c(OC(F)F)c1)NCCN1CCCCC1. The van der Waals surface area contributed by atoms with Crippen molar-refractivity contribution in [2.45, 2.75) is 39.3 Å². The molecule has 27 heavy (non-hydrogen) atoms. The first-order valence-electron chi connectivity index (χ1n) is 9.48. The zero-order valence-electron chi connectivity index (χ0n) is 16.1. The van der Waals surface area contributed by atoms with Crippen molar-refractivity contribution in [3.8, 4) is 11.5 Å². The quantitative estimate of drug-likeness (QED) is 0.507. The maximum Gasteiger partial charge on any atom is 0.387 e. The largest absolute Gasteiger partial charge is 0.493 e. The number of halogens is 2. The molecular formula is C19H30F2N4O2. The third-order valence-corrected chi connectivity index (χ3v) is 4.38. The number of nitrogens with one attached hydrogen (secondary N) is 2. The summed E-state index contributed by atoms with van der Waals surface area (Å²) in [5, 5.41) is 6.53. The lowest BCUT2D eigenvalue weighted by molar-refractivity contribution is -0.0512. The Morgan fingerprint density at radius 3 is 2.63 bits per heavy atom. The van der Waals surface area contributed by atoms with Gasteiger partial charge in [-0.25, -0.2) is 4.99 Å². The molecule has 0 radical (unpaired) electrons. The highest BCUT2D eigenvalue weighted by Crippen LogP contribution is 2.29. The van der Waals surface area contributed by atoms with Crippen molar-refractivity contribution in [1.29, 1.82) is 0 Å². The van der Waals surface area contributed by atoms with E-state index < -0.39 is 6.61 Å². The summed E-state index contributed by atoms with van der Waals surface area (Å²) >= 11 is 0. The van der Waals surface area contributed by atoms with Crippen LogP contribution in [0.15, 0.2) is 23.2 Å². The second-order valence-electron chi connectivity index (χ2n) is 6.39. The van der Waals surface area contributed by atoms with E-state index in [0.29, 0.717) is 12.5 Å². The van der Waals surface area contributed by atoms with Crippen LogP contribution < -0.4 is 20.1 Å². The molecule has 1 saturated heterocycles. The lowest BCUT2D eigenvalue weighted by Crippen LogP contribution is -2.42. The Morgan fingerprint density at radius 1 is 1.19 bits per heavy atom. The summed E-state index contributed by atoms with van der Waals surface area (Å²) in [6.07, 6.45) is 3.87. The number of methoxy groups -OCH3 is 1. The van der Waals surface area contributed by atoms with Gasteiger partial charge in [-0.15, -0.1) is 0 Å². The first-order valence-corrected chi connectivity index (χ1v) is 9.48. The normalized spacial score (nSPS) is 15.7. The van der Waals surface area contributed by atoms with Crippen LogP contribution in [0.3, 0.4) is 0 Å². The van der Waals surface area contributed by atoms with Crippen LogP contribution in [0, 0.1) is 0 Å². The summed E-state index contributed by atoms with van der Waals surface area (Å²) in [5.74, 6) is 1.000. The fourth-order valence-electron chi connectivity index (χ4n) is 3.04. The molecule has 0 saturated carbocycles. The fraction of sp³-hybridized carbons (Fsp3) is 0.632.